The molecular formula is C19H17N3O5S. The molecule has 1 aromatic heterocycles. The molecule has 0 aliphatic heterocycles. The summed E-state index contributed by atoms with van der Waals surface area (Å²) in [5.41, 5.74) is 2.25. The Balaban J connectivity index is 2.01. The smallest absolute Gasteiger partial charge is 0.330 e. The Morgan fingerprint density at radius 2 is 1.93 bits per heavy atom. The zero-order valence-corrected chi connectivity index (χ0v) is 15.6. The Labute approximate surface area is 161 Å². The van der Waals surface area contributed by atoms with Gasteiger partial charge in [0.1, 0.15) is 0 Å². The van der Waals surface area contributed by atoms with E-state index in [1.165, 1.54) is 43.7 Å². The van der Waals surface area contributed by atoms with Crippen LogP contribution in [0.25, 0.3) is 17.0 Å². The molecule has 0 atom stereocenters. The molecule has 28 heavy (non-hydrogen) atoms. The second-order valence-electron chi connectivity index (χ2n) is 5.81. The molecule has 144 valence electrons. The van der Waals surface area contributed by atoms with Crippen molar-refractivity contribution in [2.75, 3.05) is 7.11 Å². The number of H-pyrrole nitrogens is 1. The molecule has 8 nitrogen and oxygen atoms in total. The number of nitrogens with one attached hydrogen (secondary N) is 1. The summed E-state index contributed by atoms with van der Waals surface area (Å²) < 4.78 is 27.2. The van der Waals surface area contributed by atoms with Gasteiger partial charge in [0.15, 0.2) is 5.88 Å². The normalized spacial score (nSPS) is 12.2. The van der Waals surface area contributed by atoms with E-state index in [4.69, 9.17) is 5.14 Å². The Hall–Kier alpha value is -3.43. The number of nitrogens with two attached hydrogens (primary N) is 1. The summed E-state index contributed by atoms with van der Waals surface area (Å²) in [5, 5.41) is 16.0. The first-order valence-corrected chi connectivity index (χ1v) is 9.61. The Bertz CT molecular complexity index is 1190. The quantitative estimate of drug-likeness (QED) is 0.344. The molecule has 0 radical (unpaired) electrons. The SMILES string of the molecule is COC(=O)/C=C/c1cccc2[nH]c(O)c(C=Nc3ccc(S(N)(=O)=O)cc3)c12. The van der Waals surface area contributed by atoms with Crippen molar-refractivity contribution in [3.05, 3.63) is 59.7 Å². The molecule has 0 spiro atoms. The summed E-state index contributed by atoms with van der Waals surface area (Å²) in [6.07, 6.45) is 4.32. The van der Waals surface area contributed by atoms with Crippen molar-refractivity contribution in [3.8, 4) is 5.88 Å². The van der Waals surface area contributed by atoms with Gasteiger partial charge in [-0.2, -0.15) is 0 Å². The van der Waals surface area contributed by atoms with Crippen molar-refractivity contribution in [2.24, 2.45) is 10.1 Å². The van der Waals surface area contributed by atoms with Crippen LogP contribution in [0.4, 0.5) is 5.69 Å². The summed E-state index contributed by atoms with van der Waals surface area (Å²) in [4.78, 5) is 18.5. The molecule has 9 heteroatoms. The van der Waals surface area contributed by atoms with Crippen LogP contribution in [0.15, 0.2) is 58.4 Å². The van der Waals surface area contributed by atoms with Crippen LogP contribution >= 0.6 is 0 Å². The highest BCUT2D eigenvalue weighted by Gasteiger charge is 2.12. The number of benzene rings is 2. The van der Waals surface area contributed by atoms with E-state index in [1.807, 2.05) is 0 Å². The molecule has 0 amide bonds. The summed E-state index contributed by atoms with van der Waals surface area (Å²) in [5.74, 6) is -0.583. The number of primary sulfonamides is 1. The average molecular weight is 399 g/mol. The lowest BCUT2D eigenvalue weighted by Gasteiger charge is -2.00. The van der Waals surface area contributed by atoms with Crippen LogP contribution in [0.5, 0.6) is 5.88 Å². The molecule has 0 aliphatic rings. The van der Waals surface area contributed by atoms with E-state index in [9.17, 15) is 18.3 Å². The van der Waals surface area contributed by atoms with Gasteiger partial charge in [0.25, 0.3) is 0 Å². The fourth-order valence-corrected chi connectivity index (χ4v) is 3.16. The zero-order chi connectivity index (χ0) is 20.3. The predicted molar refractivity (Wildman–Crippen MR) is 106 cm³/mol. The number of sulfonamides is 1. The van der Waals surface area contributed by atoms with Gasteiger partial charge in [0.05, 0.1) is 23.3 Å². The molecule has 4 N–H and O–H groups in total. The molecule has 0 fully saturated rings. The molecule has 0 saturated heterocycles. The number of esters is 1. The van der Waals surface area contributed by atoms with E-state index in [0.717, 1.165) is 0 Å². The number of ether oxygens (including phenoxy) is 1. The number of aromatic amines is 1. The van der Waals surface area contributed by atoms with Crippen LogP contribution in [0, 0.1) is 0 Å². The molecule has 0 bridgehead atoms. The molecule has 2 aromatic carbocycles. The van der Waals surface area contributed by atoms with Gasteiger partial charge >= 0.3 is 5.97 Å². The van der Waals surface area contributed by atoms with E-state index < -0.39 is 16.0 Å². The highest BCUT2D eigenvalue weighted by atomic mass is 32.2. The molecule has 1 heterocycles. The lowest BCUT2D eigenvalue weighted by Crippen LogP contribution is -2.11. The van der Waals surface area contributed by atoms with Crippen LogP contribution in [-0.2, 0) is 19.6 Å². The maximum absolute atomic E-state index is 11.4. The molecule has 0 aliphatic carbocycles. The minimum absolute atomic E-state index is 0.0170. The summed E-state index contributed by atoms with van der Waals surface area (Å²) in [6.45, 7) is 0. The lowest BCUT2D eigenvalue weighted by molar-refractivity contribution is -0.134. The maximum Gasteiger partial charge on any atom is 0.330 e. The van der Waals surface area contributed by atoms with Gasteiger partial charge in [0, 0.05) is 23.2 Å². The number of carbonyl (C=O) groups is 1. The number of rotatable bonds is 5. The van der Waals surface area contributed by atoms with Gasteiger partial charge < -0.3 is 14.8 Å². The molecule has 0 unspecified atom stereocenters. The van der Waals surface area contributed by atoms with Crippen molar-refractivity contribution >= 4 is 44.9 Å². The molecule has 3 rings (SSSR count). The molecular weight excluding hydrogens is 382 g/mol. The first-order valence-electron chi connectivity index (χ1n) is 8.06. The number of carbonyl (C=O) groups excluding carboxylic acids is 1. The lowest BCUT2D eigenvalue weighted by atomic mass is 10.1. The number of fused-ring (bicyclic) bond motifs is 1. The van der Waals surface area contributed by atoms with Crippen LogP contribution in [0.1, 0.15) is 11.1 Å². The van der Waals surface area contributed by atoms with Crippen molar-refractivity contribution in [1.82, 2.24) is 4.98 Å². The molecule has 0 saturated carbocycles. The van der Waals surface area contributed by atoms with E-state index in [2.05, 4.69) is 14.7 Å². The number of aliphatic imine (C=N–C) groups is 1. The van der Waals surface area contributed by atoms with Crippen molar-refractivity contribution < 1.29 is 23.1 Å². The standard InChI is InChI=1S/C19H17N3O5S/c1-27-17(23)10-5-12-3-2-4-16-18(12)15(19(24)22-16)11-21-13-6-8-14(9-7-13)28(20,25)26/h2-11,22,24H,1H3,(H2,20,25,26)/b10-5+,21-11?. The van der Waals surface area contributed by atoms with Crippen molar-refractivity contribution in [2.45, 2.75) is 4.90 Å². The van der Waals surface area contributed by atoms with Crippen molar-refractivity contribution in [1.29, 1.82) is 0 Å². The second kappa shape index (κ2) is 7.67. The van der Waals surface area contributed by atoms with Crippen LogP contribution in [0.2, 0.25) is 0 Å². The number of hydrogen-bond acceptors (Lipinski definition) is 6. The topological polar surface area (TPSA) is 135 Å². The van der Waals surface area contributed by atoms with Gasteiger partial charge in [-0.05, 0) is 42.0 Å². The van der Waals surface area contributed by atoms with Gasteiger partial charge in [-0.25, -0.2) is 18.4 Å². The van der Waals surface area contributed by atoms with E-state index in [1.54, 1.807) is 24.3 Å². The number of aromatic nitrogens is 1. The fourth-order valence-electron chi connectivity index (χ4n) is 2.64. The monoisotopic (exact) mass is 399 g/mol. The van der Waals surface area contributed by atoms with E-state index in [-0.39, 0.29) is 10.8 Å². The minimum atomic E-state index is -3.78. The zero-order valence-electron chi connectivity index (χ0n) is 14.8. The van der Waals surface area contributed by atoms with Crippen LogP contribution in [0.3, 0.4) is 0 Å². The van der Waals surface area contributed by atoms with Gasteiger partial charge in [-0.3, -0.25) is 4.99 Å². The highest BCUT2D eigenvalue weighted by molar-refractivity contribution is 7.89. The maximum atomic E-state index is 11.4. The summed E-state index contributed by atoms with van der Waals surface area (Å²) in [7, 11) is -2.49. The van der Waals surface area contributed by atoms with Gasteiger partial charge in [-0.15, -0.1) is 0 Å². The van der Waals surface area contributed by atoms with Crippen LogP contribution < -0.4 is 5.14 Å². The first-order chi connectivity index (χ1) is 13.3. The summed E-state index contributed by atoms with van der Waals surface area (Å²) >= 11 is 0. The Morgan fingerprint density at radius 1 is 1.21 bits per heavy atom. The Kier molecular flexibility index (Phi) is 5.30. The van der Waals surface area contributed by atoms with Crippen LogP contribution in [-0.4, -0.2) is 37.8 Å². The van der Waals surface area contributed by atoms with Gasteiger partial charge in [-0.1, -0.05) is 12.1 Å². The van der Waals surface area contributed by atoms with E-state index in [0.29, 0.717) is 27.7 Å². The highest BCUT2D eigenvalue weighted by Crippen LogP contribution is 2.30. The number of methoxy groups -OCH3 is 1. The predicted octanol–water partition coefficient (Wildman–Crippen LogP) is 2.46. The minimum Gasteiger partial charge on any atom is -0.494 e. The van der Waals surface area contributed by atoms with Gasteiger partial charge in [0.2, 0.25) is 10.0 Å². The number of hydrogen-bond donors (Lipinski definition) is 3. The third kappa shape index (κ3) is 4.11. The average Bonchev–Trinajstić information content (AvgIpc) is 2.99. The fraction of sp³-hybridized carbons (Fsp3) is 0.0526. The molecule has 3 aromatic rings. The third-order valence-corrected chi connectivity index (χ3v) is 4.91. The second-order valence-corrected chi connectivity index (χ2v) is 7.37. The largest absolute Gasteiger partial charge is 0.494 e. The third-order valence-electron chi connectivity index (χ3n) is 3.98. The number of nitrogens with zero attached hydrogens (tertiary/aromatic N) is 1. The van der Waals surface area contributed by atoms with Crippen molar-refractivity contribution in [3.63, 3.8) is 0 Å². The van der Waals surface area contributed by atoms with E-state index >= 15 is 0 Å². The number of aromatic hydroxyl groups is 1. The first kappa shape index (κ1) is 19.3. The summed E-state index contributed by atoms with van der Waals surface area (Å²) in [6, 6.07) is 11.0. The Morgan fingerprint density at radius 3 is 2.57 bits per heavy atom.